The standard InChI is InChI=1S/C19H18ClFN2O2S/c1-25-15-7-8-16(17(21)11-15)18(24)12-23(19-22-9-2-10-26-19)14-5-3-13(20)4-6-14/h3-8,11H,2,9-10,12H2,1H3. The zero-order valence-electron chi connectivity index (χ0n) is 14.2. The Balaban J connectivity index is 1.88. The predicted molar refractivity (Wildman–Crippen MR) is 105 cm³/mol. The summed E-state index contributed by atoms with van der Waals surface area (Å²) in [5.41, 5.74) is 0.830. The summed E-state index contributed by atoms with van der Waals surface area (Å²) in [4.78, 5) is 19.1. The number of hydrogen-bond acceptors (Lipinski definition) is 5. The number of thioether (sulfide) groups is 1. The SMILES string of the molecule is COc1ccc(C(=O)CN(C2=NCCCS2)c2ccc(Cl)cc2)c(F)c1. The van der Waals surface area contributed by atoms with Crippen molar-refractivity contribution in [1.29, 1.82) is 0 Å². The minimum Gasteiger partial charge on any atom is -0.497 e. The molecule has 4 nitrogen and oxygen atoms in total. The highest BCUT2D eigenvalue weighted by atomic mass is 35.5. The van der Waals surface area contributed by atoms with E-state index in [1.165, 1.54) is 19.2 Å². The van der Waals surface area contributed by atoms with Gasteiger partial charge in [0.15, 0.2) is 11.0 Å². The van der Waals surface area contributed by atoms with Crippen LogP contribution in [0.15, 0.2) is 47.5 Å². The van der Waals surface area contributed by atoms with Crippen LogP contribution in [0.4, 0.5) is 10.1 Å². The van der Waals surface area contributed by atoms with Gasteiger partial charge in [-0.3, -0.25) is 9.79 Å². The van der Waals surface area contributed by atoms with Crippen molar-refractivity contribution in [3.05, 3.63) is 58.9 Å². The van der Waals surface area contributed by atoms with Gasteiger partial charge >= 0.3 is 0 Å². The molecule has 2 aromatic rings. The van der Waals surface area contributed by atoms with E-state index in [0.717, 1.165) is 29.6 Å². The summed E-state index contributed by atoms with van der Waals surface area (Å²) in [7, 11) is 1.46. The van der Waals surface area contributed by atoms with Gasteiger partial charge in [-0.1, -0.05) is 23.4 Å². The number of halogens is 2. The van der Waals surface area contributed by atoms with Crippen LogP contribution in [-0.4, -0.2) is 36.9 Å². The summed E-state index contributed by atoms with van der Waals surface area (Å²) in [5.74, 6) is 0.395. The number of benzene rings is 2. The van der Waals surface area contributed by atoms with Crippen LogP contribution in [0.2, 0.25) is 5.02 Å². The van der Waals surface area contributed by atoms with Gasteiger partial charge in [-0.05, 0) is 42.8 Å². The Morgan fingerprint density at radius 2 is 2.08 bits per heavy atom. The van der Waals surface area contributed by atoms with Crippen molar-refractivity contribution < 1.29 is 13.9 Å². The van der Waals surface area contributed by atoms with E-state index in [9.17, 15) is 9.18 Å². The molecule has 2 aromatic carbocycles. The van der Waals surface area contributed by atoms with Crippen LogP contribution in [0.1, 0.15) is 16.8 Å². The van der Waals surface area contributed by atoms with Crippen LogP contribution in [0.25, 0.3) is 0 Å². The van der Waals surface area contributed by atoms with Crippen molar-refractivity contribution in [2.75, 3.05) is 30.9 Å². The Morgan fingerprint density at radius 1 is 1.31 bits per heavy atom. The number of aliphatic imine (C=N–C) groups is 1. The summed E-state index contributed by atoms with van der Waals surface area (Å²) < 4.78 is 19.3. The number of anilines is 1. The smallest absolute Gasteiger partial charge is 0.185 e. The van der Waals surface area contributed by atoms with Gasteiger partial charge in [0.2, 0.25) is 0 Å². The van der Waals surface area contributed by atoms with Crippen LogP contribution < -0.4 is 9.64 Å². The molecule has 0 saturated heterocycles. The summed E-state index contributed by atoms with van der Waals surface area (Å²) in [5, 5.41) is 1.38. The Labute approximate surface area is 161 Å². The number of nitrogens with zero attached hydrogens (tertiary/aromatic N) is 2. The van der Waals surface area contributed by atoms with E-state index >= 15 is 0 Å². The Kier molecular flexibility index (Phi) is 6.16. The molecule has 1 aliphatic rings. The van der Waals surface area contributed by atoms with Gasteiger partial charge in [-0.2, -0.15) is 0 Å². The van der Waals surface area contributed by atoms with E-state index in [1.807, 2.05) is 17.0 Å². The van der Waals surface area contributed by atoms with E-state index in [4.69, 9.17) is 16.3 Å². The first-order valence-corrected chi connectivity index (χ1v) is 9.52. The van der Waals surface area contributed by atoms with E-state index in [1.54, 1.807) is 30.0 Å². The van der Waals surface area contributed by atoms with Gasteiger partial charge in [0.1, 0.15) is 11.6 Å². The highest BCUT2D eigenvalue weighted by molar-refractivity contribution is 8.14. The first-order chi connectivity index (χ1) is 12.6. The number of hydrogen-bond donors (Lipinski definition) is 0. The monoisotopic (exact) mass is 392 g/mol. The summed E-state index contributed by atoms with van der Waals surface area (Å²) in [6, 6.07) is 11.4. The molecule has 0 spiro atoms. The van der Waals surface area contributed by atoms with Crippen LogP contribution >= 0.6 is 23.4 Å². The lowest BCUT2D eigenvalue weighted by molar-refractivity contribution is 0.0998. The molecule has 26 heavy (non-hydrogen) atoms. The van der Waals surface area contributed by atoms with Crippen molar-refractivity contribution in [3.8, 4) is 5.75 Å². The maximum absolute atomic E-state index is 14.3. The van der Waals surface area contributed by atoms with Crippen molar-refractivity contribution in [2.45, 2.75) is 6.42 Å². The molecule has 0 radical (unpaired) electrons. The third kappa shape index (κ3) is 4.37. The zero-order chi connectivity index (χ0) is 18.5. The first kappa shape index (κ1) is 18.7. The first-order valence-electron chi connectivity index (χ1n) is 8.15. The van der Waals surface area contributed by atoms with Crippen LogP contribution in [-0.2, 0) is 0 Å². The predicted octanol–water partition coefficient (Wildman–Crippen LogP) is 4.67. The van der Waals surface area contributed by atoms with Gasteiger partial charge in [0.05, 0.1) is 19.2 Å². The normalized spacial score (nSPS) is 13.9. The molecule has 0 atom stereocenters. The van der Waals surface area contributed by atoms with Crippen molar-refractivity contribution in [2.24, 2.45) is 4.99 Å². The van der Waals surface area contributed by atoms with Gasteiger partial charge < -0.3 is 9.64 Å². The molecule has 1 aliphatic heterocycles. The molecule has 7 heteroatoms. The van der Waals surface area contributed by atoms with Crippen molar-refractivity contribution in [1.82, 2.24) is 0 Å². The minimum atomic E-state index is -0.594. The summed E-state index contributed by atoms with van der Waals surface area (Å²) in [6.07, 6.45) is 1.00. The topological polar surface area (TPSA) is 41.9 Å². The fourth-order valence-corrected chi connectivity index (χ4v) is 3.67. The fourth-order valence-electron chi connectivity index (χ4n) is 2.58. The number of carbonyl (C=O) groups is 1. The van der Waals surface area contributed by atoms with Gasteiger partial charge in [-0.25, -0.2) is 4.39 Å². The second kappa shape index (κ2) is 8.56. The lowest BCUT2D eigenvalue weighted by atomic mass is 10.1. The average molecular weight is 393 g/mol. The molecule has 0 bridgehead atoms. The second-order valence-corrected chi connectivity index (χ2v) is 7.20. The summed E-state index contributed by atoms with van der Waals surface area (Å²) >= 11 is 7.57. The molecular formula is C19H18ClFN2O2S. The molecule has 3 rings (SSSR count). The number of methoxy groups -OCH3 is 1. The van der Waals surface area contributed by atoms with Gasteiger partial charge in [0.25, 0.3) is 0 Å². The Hall–Kier alpha value is -2.05. The summed E-state index contributed by atoms with van der Waals surface area (Å²) in [6.45, 7) is 0.716. The molecule has 136 valence electrons. The molecule has 1 heterocycles. The Bertz CT molecular complexity index is 827. The molecular weight excluding hydrogens is 375 g/mol. The molecule has 0 N–H and O–H groups in total. The van der Waals surface area contributed by atoms with Crippen molar-refractivity contribution >= 4 is 40.0 Å². The largest absolute Gasteiger partial charge is 0.497 e. The van der Waals surface area contributed by atoms with E-state index in [0.29, 0.717) is 10.8 Å². The second-order valence-electron chi connectivity index (χ2n) is 5.70. The van der Waals surface area contributed by atoms with E-state index in [-0.39, 0.29) is 17.9 Å². The highest BCUT2D eigenvalue weighted by Gasteiger charge is 2.22. The third-order valence-electron chi connectivity index (χ3n) is 3.93. The molecule has 0 aromatic heterocycles. The third-order valence-corrected chi connectivity index (χ3v) is 5.28. The van der Waals surface area contributed by atoms with Crippen LogP contribution in [0.5, 0.6) is 5.75 Å². The molecule has 0 aliphatic carbocycles. The van der Waals surface area contributed by atoms with Gasteiger partial charge in [0, 0.05) is 29.1 Å². The highest BCUT2D eigenvalue weighted by Crippen LogP contribution is 2.25. The number of amidine groups is 1. The minimum absolute atomic E-state index is 0.00326. The lowest BCUT2D eigenvalue weighted by Crippen LogP contribution is -2.35. The maximum Gasteiger partial charge on any atom is 0.185 e. The number of Topliss-reactive ketones (excluding diaryl/α,β-unsaturated/α-hetero) is 1. The molecule has 0 unspecified atom stereocenters. The number of ether oxygens (including phenoxy) is 1. The van der Waals surface area contributed by atoms with E-state index < -0.39 is 5.82 Å². The van der Waals surface area contributed by atoms with Crippen LogP contribution in [0.3, 0.4) is 0 Å². The number of ketones is 1. The van der Waals surface area contributed by atoms with Crippen LogP contribution in [0, 0.1) is 5.82 Å². The van der Waals surface area contributed by atoms with E-state index in [2.05, 4.69) is 4.99 Å². The van der Waals surface area contributed by atoms with Crippen molar-refractivity contribution in [3.63, 3.8) is 0 Å². The maximum atomic E-state index is 14.3. The Morgan fingerprint density at radius 3 is 2.69 bits per heavy atom. The molecule has 0 fully saturated rings. The number of rotatable bonds is 5. The fraction of sp³-hybridized carbons (Fsp3) is 0.263. The average Bonchev–Trinajstić information content (AvgIpc) is 2.67. The number of carbonyl (C=O) groups excluding carboxylic acids is 1. The molecule has 0 saturated carbocycles. The molecule has 0 amide bonds. The lowest BCUT2D eigenvalue weighted by Gasteiger charge is -2.27. The van der Waals surface area contributed by atoms with Gasteiger partial charge in [-0.15, -0.1) is 0 Å². The zero-order valence-corrected chi connectivity index (χ0v) is 15.8. The quantitative estimate of drug-likeness (QED) is 0.693.